The minimum atomic E-state index is -0.319. The Morgan fingerprint density at radius 1 is 1.21 bits per heavy atom. The Hall–Kier alpha value is -1.85. The first-order chi connectivity index (χ1) is 9.12. The molecule has 6 nitrogen and oxygen atoms in total. The Labute approximate surface area is 114 Å². The molecule has 0 saturated heterocycles. The van der Waals surface area contributed by atoms with E-state index >= 15 is 0 Å². The summed E-state index contributed by atoms with van der Waals surface area (Å²) in [5.74, 6) is 1.95. The van der Waals surface area contributed by atoms with E-state index in [0.717, 1.165) is 36.6 Å². The Kier molecular flexibility index (Phi) is 6.05. The van der Waals surface area contributed by atoms with E-state index in [2.05, 4.69) is 32.3 Å². The van der Waals surface area contributed by atoms with Crippen LogP contribution in [0.25, 0.3) is 0 Å². The number of hydrogen-bond donors (Lipinski definition) is 2. The van der Waals surface area contributed by atoms with Crippen LogP contribution in [0.5, 0.6) is 0 Å². The van der Waals surface area contributed by atoms with Gasteiger partial charge in [0.2, 0.25) is 0 Å². The maximum Gasteiger partial charge on any atom is 0.325 e. The molecule has 6 heteroatoms. The molecule has 0 aliphatic heterocycles. The first kappa shape index (κ1) is 15.2. The van der Waals surface area contributed by atoms with Crippen LogP contribution in [-0.2, 0) is 16.0 Å². The largest absolute Gasteiger partial charge is 0.468 e. The molecule has 1 aromatic heterocycles. The Morgan fingerprint density at radius 3 is 2.37 bits per heavy atom. The van der Waals surface area contributed by atoms with E-state index < -0.39 is 0 Å². The van der Waals surface area contributed by atoms with Gasteiger partial charge in [-0.2, -0.15) is 0 Å². The molecule has 0 bridgehead atoms. The lowest BCUT2D eigenvalue weighted by Gasteiger charge is -2.14. The van der Waals surface area contributed by atoms with Crippen LogP contribution in [0.15, 0.2) is 0 Å². The van der Waals surface area contributed by atoms with Crippen molar-refractivity contribution in [3.8, 4) is 0 Å². The molecular formula is C13H22N4O2. The van der Waals surface area contributed by atoms with Crippen LogP contribution < -0.4 is 10.6 Å². The first-order valence-corrected chi connectivity index (χ1v) is 6.54. The molecule has 0 atom stereocenters. The van der Waals surface area contributed by atoms with E-state index in [1.165, 1.54) is 7.11 Å². The summed E-state index contributed by atoms with van der Waals surface area (Å²) in [7, 11) is 1.36. The number of methoxy groups -OCH3 is 1. The second kappa shape index (κ2) is 7.56. The van der Waals surface area contributed by atoms with Gasteiger partial charge < -0.3 is 15.4 Å². The van der Waals surface area contributed by atoms with Crippen molar-refractivity contribution in [2.75, 3.05) is 30.8 Å². The molecule has 0 aliphatic rings. The van der Waals surface area contributed by atoms with Crippen LogP contribution in [0.1, 0.15) is 31.7 Å². The molecule has 0 aliphatic carbocycles. The molecular weight excluding hydrogens is 244 g/mol. The van der Waals surface area contributed by atoms with Crippen molar-refractivity contribution >= 4 is 17.6 Å². The number of nitrogens with one attached hydrogen (secondary N) is 2. The van der Waals surface area contributed by atoms with E-state index in [4.69, 9.17) is 0 Å². The summed E-state index contributed by atoms with van der Waals surface area (Å²) in [5.41, 5.74) is 0.908. The fourth-order valence-corrected chi connectivity index (χ4v) is 1.64. The van der Waals surface area contributed by atoms with Crippen molar-refractivity contribution in [1.29, 1.82) is 0 Å². The van der Waals surface area contributed by atoms with Gasteiger partial charge in [-0.05, 0) is 20.3 Å². The summed E-state index contributed by atoms with van der Waals surface area (Å²) in [6, 6.07) is 0. The smallest absolute Gasteiger partial charge is 0.325 e. The molecule has 106 valence electrons. The second-order valence-corrected chi connectivity index (χ2v) is 4.17. The maximum absolute atomic E-state index is 11.2. The van der Waals surface area contributed by atoms with Crippen molar-refractivity contribution in [1.82, 2.24) is 9.97 Å². The van der Waals surface area contributed by atoms with E-state index in [-0.39, 0.29) is 12.5 Å². The molecule has 0 unspecified atom stereocenters. The maximum atomic E-state index is 11.2. The molecule has 0 radical (unpaired) electrons. The predicted octanol–water partition coefficient (Wildman–Crippen LogP) is 1.75. The van der Waals surface area contributed by atoms with Gasteiger partial charge >= 0.3 is 5.97 Å². The molecule has 1 aromatic rings. The van der Waals surface area contributed by atoms with Gasteiger partial charge in [0.25, 0.3) is 0 Å². The number of carbonyl (C=O) groups excluding carboxylic acids is 1. The van der Waals surface area contributed by atoms with E-state index in [0.29, 0.717) is 5.82 Å². The van der Waals surface area contributed by atoms with Gasteiger partial charge in [0.1, 0.15) is 24.0 Å². The fourth-order valence-electron chi connectivity index (χ4n) is 1.64. The minimum Gasteiger partial charge on any atom is -0.468 e. The third-order valence-electron chi connectivity index (χ3n) is 2.64. The summed E-state index contributed by atoms with van der Waals surface area (Å²) >= 11 is 0. The zero-order valence-corrected chi connectivity index (χ0v) is 12.0. The zero-order chi connectivity index (χ0) is 14.3. The summed E-state index contributed by atoms with van der Waals surface area (Å²) in [5, 5.41) is 6.20. The second-order valence-electron chi connectivity index (χ2n) is 4.17. The van der Waals surface area contributed by atoms with Crippen LogP contribution in [-0.4, -0.2) is 36.1 Å². The van der Waals surface area contributed by atoms with Gasteiger partial charge in [0, 0.05) is 18.5 Å². The highest BCUT2D eigenvalue weighted by Crippen LogP contribution is 2.20. The topological polar surface area (TPSA) is 76.1 Å². The lowest BCUT2D eigenvalue weighted by Crippen LogP contribution is -2.18. The van der Waals surface area contributed by atoms with Crippen LogP contribution in [0, 0.1) is 6.92 Å². The third kappa shape index (κ3) is 4.39. The number of esters is 1. The van der Waals surface area contributed by atoms with Gasteiger partial charge in [-0.15, -0.1) is 0 Å². The molecule has 0 spiro atoms. The minimum absolute atomic E-state index is 0.103. The van der Waals surface area contributed by atoms with Gasteiger partial charge in [-0.25, -0.2) is 9.97 Å². The average Bonchev–Trinajstić information content (AvgIpc) is 2.40. The Morgan fingerprint density at radius 2 is 1.84 bits per heavy atom. The number of aromatic nitrogens is 2. The predicted molar refractivity (Wildman–Crippen MR) is 75.4 cm³/mol. The SMILES string of the molecule is CCCc1nc(NCC)c(C)c(NCC(=O)OC)n1. The van der Waals surface area contributed by atoms with Crippen molar-refractivity contribution in [3.05, 3.63) is 11.4 Å². The van der Waals surface area contributed by atoms with Crippen LogP contribution in [0.4, 0.5) is 11.6 Å². The Balaban J connectivity index is 2.95. The van der Waals surface area contributed by atoms with Crippen molar-refractivity contribution in [2.24, 2.45) is 0 Å². The van der Waals surface area contributed by atoms with E-state index in [1.807, 2.05) is 13.8 Å². The number of hydrogen-bond acceptors (Lipinski definition) is 6. The highest BCUT2D eigenvalue weighted by atomic mass is 16.5. The van der Waals surface area contributed by atoms with Crippen LogP contribution in [0.2, 0.25) is 0 Å². The van der Waals surface area contributed by atoms with Gasteiger partial charge in [0.15, 0.2) is 0 Å². The summed E-state index contributed by atoms with van der Waals surface area (Å²) in [6.45, 7) is 6.92. The lowest BCUT2D eigenvalue weighted by atomic mass is 10.2. The highest BCUT2D eigenvalue weighted by molar-refractivity contribution is 5.75. The molecule has 0 amide bonds. The van der Waals surface area contributed by atoms with Crippen molar-refractivity contribution in [3.63, 3.8) is 0 Å². The van der Waals surface area contributed by atoms with E-state index in [9.17, 15) is 4.79 Å². The van der Waals surface area contributed by atoms with Crippen LogP contribution >= 0.6 is 0 Å². The lowest BCUT2D eigenvalue weighted by molar-refractivity contribution is -0.138. The molecule has 1 rings (SSSR count). The monoisotopic (exact) mass is 266 g/mol. The van der Waals surface area contributed by atoms with Crippen molar-refractivity contribution in [2.45, 2.75) is 33.6 Å². The van der Waals surface area contributed by atoms with Crippen molar-refractivity contribution < 1.29 is 9.53 Å². The number of nitrogens with zero attached hydrogens (tertiary/aromatic N) is 2. The fraction of sp³-hybridized carbons (Fsp3) is 0.615. The first-order valence-electron chi connectivity index (χ1n) is 6.54. The normalized spacial score (nSPS) is 10.1. The van der Waals surface area contributed by atoms with Gasteiger partial charge in [0.05, 0.1) is 7.11 Å². The number of aryl methyl sites for hydroxylation is 1. The summed E-state index contributed by atoms with van der Waals surface area (Å²) < 4.78 is 4.61. The number of ether oxygens (including phenoxy) is 1. The molecule has 2 N–H and O–H groups in total. The van der Waals surface area contributed by atoms with Crippen LogP contribution in [0.3, 0.4) is 0 Å². The van der Waals surface area contributed by atoms with Gasteiger partial charge in [-0.3, -0.25) is 4.79 Å². The number of anilines is 2. The van der Waals surface area contributed by atoms with Gasteiger partial charge in [-0.1, -0.05) is 6.92 Å². The number of rotatable bonds is 7. The highest BCUT2D eigenvalue weighted by Gasteiger charge is 2.11. The quantitative estimate of drug-likeness (QED) is 0.732. The molecule has 0 aromatic carbocycles. The molecule has 0 fully saturated rings. The third-order valence-corrected chi connectivity index (χ3v) is 2.64. The zero-order valence-electron chi connectivity index (χ0n) is 12.0. The summed E-state index contributed by atoms with van der Waals surface area (Å²) in [6.07, 6.45) is 1.79. The number of carbonyl (C=O) groups is 1. The Bertz CT molecular complexity index is 435. The van der Waals surface area contributed by atoms with E-state index in [1.54, 1.807) is 0 Å². The average molecular weight is 266 g/mol. The molecule has 19 heavy (non-hydrogen) atoms. The summed E-state index contributed by atoms with van der Waals surface area (Å²) in [4.78, 5) is 20.1. The standard InChI is InChI=1S/C13H22N4O2/c1-5-7-10-16-12(14-6-2)9(3)13(17-10)15-8-11(18)19-4/h5-8H2,1-4H3,(H2,14,15,16,17). The molecule has 0 saturated carbocycles. The molecule has 1 heterocycles.